The summed E-state index contributed by atoms with van der Waals surface area (Å²) in [4.78, 5) is 38.6. The predicted octanol–water partition coefficient (Wildman–Crippen LogP) is 3.56. The number of allylic oxidation sites excluding steroid dienone is 1. The van der Waals surface area contributed by atoms with E-state index in [0.717, 1.165) is 41.7 Å². The molecule has 1 atom stereocenters. The van der Waals surface area contributed by atoms with E-state index in [9.17, 15) is 14.4 Å². The van der Waals surface area contributed by atoms with E-state index in [1.807, 2.05) is 25.1 Å². The highest BCUT2D eigenvalue weighted by molar-refractivity contribution is 5.92. The van der Waals surface area contributed by atoms with Gasteiger partial charge in [-0.15, -0.1) is 6.58 Å². The van der Waals surface area contributed by atoms with Gasteiger partial charge in [-0.1, -0.05) is 6.08 Å². The van der Waals surface area contributed by atoms with Crippen LogP contribution in [-0.2, 0) is 14.3 Å². The molecule has 1 aromatic heterocycles. The molecule has 0 spiro atoms. The monoisotopic (exact) mass is 483 g/mol. The first-order valence-corrected chi connectivity index (χ1v) is 12.4. The molecule has 8 heteroatoms. The fourth-order valence-electron chi connectivity index (χ4n) is 4.00. The molecule has 1 unspecified atom stereocenters. The Kier molecular flexibility index (Phi) is 9.09. The van der Waals surface area contributed by atoms with Crippen molar-refractivity contribution in [3.63, 3.8) is 0 Å². The maximum absolute atomic E-state index is 11.9. The maximum atomic E-state index is 11.9. The zero-order valence-corrected chi connectivity index (χ0v) is 20.9. The number of pyridine rings is 1. The Morgan fingerprint density at radius 3 is 2.49 bits per heavy atom. The SMILES string of the molecule is C=CC.CCOC(=O)C1(NC(=O)C2CCCN2)CC1.COc1ccc2c(=O)cc(C3CC3)[nH]c2c1. The van der Waals surface area contributed by atoms with Crippen molar-refractivity contribution in [2.45, 2.75) is 69.9 Å². The van der Waals surface area contributed by atoms with Gasteiger partial charge in [-0.2, -0.15) is 0 Å². The molecule has 2 saturated carbocycles. The van der Waals surface area contributed by atoms with Gasteiger partial charge in [0.1, 0.15) is 11.3 Å². The number of methoxy groups -OCH3 is 1. The number of amides is 1. The Bertz CT molecular complexity index is 1100. The van der Waals surface area contributed by atoms with Gasteiger partial charge in [-0.25, -0.2) is 4.79 Å². The lowest BCUT2D eigenvalue weighted by Gasteiger charge is -2.18. The van der Waals surface area contributed by atoms with E-state index in [1.165, 1.54) is 12.8 Å². The number of carbonyl (C=O) groups is 2. The van der Waals surface area contributed by atoms with Crippen LogP contribution in [0.3, 0.4) is 0 Å². The fourth-order valence-corrected chi connectivity index (χ4v) is 4.00. The molecule has 0 radical (unpaired) electrons. The topological polar surface area (TPSA) is 110 Å². The van der Waals surface area contributed by atoms with Crippen molar-refractivity contribution in [3.8, 4) is 5.75 Å². The summed E-state index contributed by atoms with van der Waals surface area (Å²) in [5, 5.41) is 6.66. The number of nitrogens with one attached hydrogen (secondary N) is 3. The molecular weight excluding hydrogens is 446 g/mol. The zero-order valence-electron chi connectivity index (χ0n) is 20.9. The number of hydrogen-bond donors (Lipinski definition) is 3. The first kappa shape index (κ1) is 26.5. The normalized spacial score (nSPS) is 19.3. The molecule has 0 bridgehead atoms. The number of esters is 1. The van der Waals surface area contributed by atoms with E-state index in [-0.39, 0.29) is 23.3 Å². The average Bonchev–Trinajstić information content (AvgIpc) is 3.78. The third-order valence-electron chi connectivity index (χ3n) is 6.23. The van der Waals surface area contributed by atoms with Gasteiger partial charge in [-0.3, -0.25) is 9.59 Å². The summed E-state index contributed by atoms with van der Waals surface area (Å²) in [6, 6.07) is 7.10. The molecule has 3 N–H and O–H groups in total. The number of hydrogen-bond acceptors (Lipinski definition) is 6. The molecule has 1 aliphatic heterocycles. The molecule has 5 rings (SSSR count). The van der Waals surface area contributed by atoms with Gasteiger partial charge in [0.05, 0.1) is 25.3 Å². The highest BCUT2D eigenvalue weighted by atomic mass is 16.5. The zero-order chi connectivity index (χ0) is 25.4. The van der Waals surface area contributed by atoms with E-state index in [4.69, 9.17) is 9.47 Å². The molecule has 2 heterocycles. The van der Waals surface area contributed by atoms with Gasteiger partial charge in [0.2, 0.25) is 5.91 Å². The van der Waals surface area contributed by atoms with Crippen molar-refractivity contribution in [2.75, 3.05) is 20.3 Å². The van der Waals surface area contributed by atoms with Crippen LogP contribution in [0.15, 0.2) is 41.7 Å². The van der Waals surface area contributed by atoms with Crippen LogP contribution in [0.4, 0.5) is 0 Å². The molecule has 8 nitrogen and oxygen atoms in total. The molecule has 2 aromatic rings. The summed E-state index contributed by atoms with van der Waals surface area (Å²) in [5.74, 6) is 0.976. The highest BCUT2D eigenvalue weighted by Gasteiger charge is 2.53. The number of H-pyrrole nitrogens is 1. The van der Waals surface area contributed by atoms with Crippen molar-refractivity contribution in [3.05, 3.63) is 52.8 Å². The molecule has 35 heavy (non-hydrogen) atoms. The van der Waals surface area contributed by atoms with E-state index in [0.29, 0.717) is 25.4 Å². The van der Waals surface area contributed by atoms with Crippen molar-refractivity contribution >= 4 is 22.8 Å². The summed E-state index contributed by atoms with van der Waals surface area (Å²) >= 11 is 0. The number of aromatic nitrogens is 1. The van der Waals surface area contributed by atoms with Crippen LogP contribution in [0, 0.1) is 0 Å². The lowest BCUT2D eigenvalue weighted by Crippen LogP contribution is -2.50. The number of benzene rings is 1. The van der Waals surface area contributed by atoms with E-state index in [2.05, 4.69) is 22.2 Å². The van der Waals surface area contributed by atoms with Crippen LogP contribution in [-0.4, -0.2) is 48.7 Å². The van der Waals surface area contributed by atoms with Crippen LogP contribution in [0.1, 0.15) is 64.0 Å². The molecule has 1 saturated heterocycles. The first-order valence-electron chi connectivity index (χ1n) is 12.4. The summed E-state index contributed by atoms with van der Waals surface area (Å²) in [6.45, 7) is 8.26. The Labute approximate surface area is 206 Å². The summed E-state index contributed by atoms with van der Waals surface area (Å²) < 4.78 is 10.1. The third-order valence-corrected chi connectivity index (χ3v) is 6.23. The summed E-state index contributed by atoms with van der Waals surface area (Å²) in [6.07, 6.45) is 7.39. The first-order chi connectivity index (χ1) is 16.9. The van der Waals surface area contributed by atoms with Gasteiger partial charge in [-0.05, 0) is 77.0 Å². The summed E-state index contributed by atoms with van der Waals surface area (Å²) in [5.41, 5.74) is 1.31. The van der Waals surface area contributed by atoms with Crippen LogP contribution < -0.4 is 20.8 Å². The van der Waals surface area contributed by atoms with Gasteiger partial charge >= 0.3 is 5.97 Å². The quantitative estimate of drug-likeness (QED) is 0.428. The lowest BCUT2D eigenvalue weighted by molar-refractivity contribution is -0.149. The molecule has 1 aromatic carbocycles. The molecule has 1 amide bonds. The number of ether oxygens (including phenoxy) is 2. The third kappa shape index (κ3) is 6.94. The van der Waals surface area contributed by atoms with Crippen molar-refractivity contribution in [1.82, 2.24) is 15.6 Å². The second-order valence-electron chi connectivity index (χ2n) is 9.12. The minimum Gasteiger partial charge on any atom is -0.497 e. The van der Waals surface area contributed by atoms with Gasteiger partial charge < -0.3 is 25.1 Å². The number of aromatic amines is 1. The Morgan fingerprint density at radius 2 is 1.94 bits per heavy atom. The number of fused-ring (bicyclic) bond motifs is 1. The standard InChI is InChI=1S/C13H13NO2.C11H18N2O3.C3H6/c1-16-9-4-5-10-12(6-9)14-11(7-13(10)15)8-2-3-8;1-2-16-10(15)11(5-6-11)13-9(14)8-4-3-7-12-8;1-3-2/h4-8H,2-3H2,1H3,(H,14,15);8,12H,2-7H2,1H3,(H,13,14);3H,1H2,2H3. The molecule has 3 aliphatic rings. The van der Waals surface area contributed by atoms with E-state index < -0.39 is 5.54 Å². The smallest absolute Gasteiger partial charge is 0.331 e. The Balaban J connectivity index is 0.000000176. The van der Waals surface area contributed by atoms with Crippen LogP contribution in [0.2, 0.25) is 0 Å². The number of carbonyl (C=O) groups excluding carboxylic acids is 2. The lowest BCUT2D eigenvalue weighted by atomic mass is 10.1. The van der Waals surface area contributed by atoms with Crippen LogP contribution >= 0.6 is 0 Å². The molecule has 2 aliphatic carbocycles. The minimum atomic E-state index is -0.711. The van der Waals surface area contributed by atoms with Crippen LogP contribution in [0.25, 0.3) is 10.9 Å². The summed E-state index contributed by atoms with van der Waals surface area (Å²) in [7, 11) is 1.63. The highest BCUT2D eigenvalue weighted by Crippen LogP contribution is 2.39. The van der Waals surface area contributed by atoms with Gasteiger partial charge in [0.25, 0.3) is 0 Å². The fraction of sp³-hybridized carbons (Fsp3) is 0.519. The Hall–Kier alpha value is -3.13. The maximum Gasteiger partial charge on any atom is 0.331 e. The van der Waals surface area contributed by atoms with E-state index in [1.54, 1.807) is 26.2 Å². The minimum absolute atomic E-state index is 0.0666. The van der Waals surface area contributed by atoms with Crippen molar-refractivity contribution < 1.29 is 19.1 Å². The molecule has 190 valence electrons. The number of rotatable bonds is 6. The average molecular weight is 484 g/mol. The van der Waals surface area contributed by atoms with Gasteiger partial charge in [0.15, 0.2) is 5.43 Å². The van der Waals surface area contributed by atoms with Crippen LogP contribution in [0.5, 0.6) is 5.75 Å². The predicted molar refractivity (Wildman–Crippen MR) is 137 cm³/mol. The second kappa shape index (κ2) is 12.0. The molecular formula is C27H37N3O5. The largest absolute Gasteiger partial charge is 0.497 e. The Morgan fingerprint density at radius 1 is 1.23 bits per heavy atom. The molecule has 3 fully saturated rings. The van der Waals surface area contributed by atoms with E-state index >= 15 is 0 Å². The van der Waals surface area contributed by atoms with Crippen molar-refractivity contribution in [1.29, 1.82) is 0 Å². The van der Waals surface area contributed by atoms with Crippen molar-refractivity contribution in [2.24, 2.45) is 0 Å². The van der Waals surface area contributed by atoms with Gasteiger partial charge in [0, 0.05) is 23.2 Å². The second-order valence-corrected chi connectivity index (χ2v) is 9.12.